The van der Waals surface area contributed by atoms with E-state index < -0.39 is 11.6 Å². The molecule has 14 heavy (non-hydrogen) atoms. The predicted octanol–water partition coefficient (Wildman–Crippen LogP) is 1.95. The summed E-state index contributed by atoms with van der Waals surface area (Å²) < 4.78 is 37.4. The van der Waals surface area contributed by atoms with Gasteiger partial charge in [0.15, 0.2) is 0 Å². The molecule has 0 amide bonds. The molecule has 0 bridgehead atoms. The maximum absolute atomic E-state index is 12.5. The summed E-state index contributed by atoms with van der Waals surface area (Å²) in [6.45, 7) is 0. The highest BCUT2D eigenvalue weighted by atomic mass is 32.1. The molecule has 0 atom stereocenters. The van der Waals surface area contributed by atoms with Crippen LogP contribution in [0.1, 0.15) is 4.88 Å². The van der Waals surface area contributed by atoms with Crippen molar-refractivity contribution >= 4 is 23.9 Å². The highest BCUT2D eigenvalue weighted by molar-refractivity contribution is 7.10. The molecule has 1 aromatic rings. The lowest BCUT2D eigenvalue weighted by Gasteiger charge is -2.22. The average Bonchev–Trinajstić information content (AvgIpc) is 2.58. The van der Waals surface area contributed by atoms with Gasteiger partial charge in [-0.2, -0.15) is 13.2 Å². The van der Waals surface area contributed by atoms with E-state index in [-0.39, 0.29) is 17.4 Å². The quantitative estimate of drug-likeness (QED) is 0.578. The van der Waals surface area contributed by atoms with Crippen molar-refractivity contribution in [2.24, 2.45) is 0 Å². The van der Waals surface area contributed by atoms with Crippen molar-refractivity contribution in [3.8, 4) is 0 Å². The topological polar surface area (TPSA) is 34.1 Å². The highest BCUT2D eigenvalue weighted by Gasteiger charge is 2.57. The molecule has 0 aliphatic carbocycles. The molecule has 1 rings (SSSR count). The molecular weight excluding hydrogens is 217 g/mol. The van der Waals surface area contributed by atoms with Crippen LogP contribution in [0.4, 0.5) is 13.2 Å². The van der Waals surface area contributed by atoms with Crippen LogP contribution in [0.5, 0.6) is 0 Å². The van der Waals surface area contributed by atoms with E-state index in [0.717, 1.165) is 17.4 Å². The van der Waals surface area contributed by atoms with E-state index in [1.807, 2.05) is 0 Å². The standard InChI is InChI=1S/C8H5F3O2S/c9-8(10,11)7(4-12,5-13)6-2-1-3-14-6/h1-5H. The first kappa shape index (κ1) is 10.9. The van der Waals surface area contributed by atoms with Gasteiger partial charge in [0.25, 0.3) is 0 Å². The van der Waals surface area contributed by atoms with Crippen LogP contribution in [0, 0.1) is 0 Å². The molecule has 0 spiro atoms. The minimum Gasteiger partial charge on any atom is -0.301 e. The number of carbonyl (C=O) groups is 2. The molecule has 0 aromatic carbocycles. The normalized spacial score (nSPS) is 12.5. The first-order chi connectivity index (χ1) is 6.48. The molecule has 0 fully saturated rings. The van der Waals surface area contributed by atoms with Gasteiger partial charge < -0.3 is 9.59 Å². The van der Waals surface area contributed by atoms with Crippen LogP contribution in [-0.2, 0) is 15.0 Å². The largest absolute Gasteiger partial charge is 0.412 e. The van der Waals surface area contributed by atoms with Crippen LogP contribution in [0.2, 0.25) is 0 Å². The summed E-state index contributed by atoms with van der Waals surface area (Å²) in [6.07, 6.45) is -5.63. The summed E-state index contributed by atoms with van der Waals surface area (Å²) in [4.78, 5) is 20.6. The summed E-state index contributed by atoms with van der Waals surface area (Å²) in [5.74, 6) is 0. The van der Waals surface area contributed by atoms with Crippen LogP contribution in [-0.4, -0.2) is 18.7 Å². The number of rotatable bonds is 3. The second-order valence-electron chi connectivity index (χ2n) is 2.58. The van der Waals surface area contributed by atoms with Gasteiger partial charge in [-0.15, -0.1) is 11.3 Å². The summed E-state index contributed by atoms with van der Waals surface area (Å²) >= 11 is 0.723. The zero-order valence-corrected chi connectivity index (χ0v) is 7.56. The van der Waals surface area contributed by atoms with Gasteiger partial charge in [0.2, 0.25) is 5.41 Å². The third-order valence-electron chi connectivity index (χ3n) is 1.77. The molecule has 1 aromatic heterocycles. The van der Waals surface area contributed by atoms with Gasteiger partial charge >= 0.3 is 6.18 Å². The maximum atomic E-state index is 12.5. The Labute approximate surface area is 81.4 Å². The van der Waals surface area contributed by atoms with Crippen LogP contribution < -0.4 is 0 Å². The van der Waals surface area contributed by atoms with Crippen molar-refractivity contribution in [3.05, 3.63) is 22.4 Å². The molecule has 0 unspecified atom stereocenters. The second-order valence-corrected chi connectivity index (χ2v) is 3.53. The number of alkyl halides is 3. The van der Waals surface area contributed by atoms with Crippen LogP contribution in [0.3, 0.4) is 0 Å². The summed E-state index contributed by atoms with van der Waals surface area (Å²) in [6, 6.07) is 2.47. The molecule has 2 nitrogen and oxygen atoms in total. The highest BCUT2D eigenvalue weighted by Crippen LogP contribution is 2.39. The van der Waals surface area contributed by atoms with E-state index in [1.54, 1.807) is 0 Å². The summed E-state index contributed by atoms with van der Waals surface area (Å²) in [5.41, 5.74) is -3.00. The lowest BCUT2D eigenvalue weighted by molar-refractivity contribution is -0.184. The molecule has 0 N–H and O–H groups in total. The predicted molar refractivity (Wildman–Crippen MR) is 44.2 cm³/mol. The van der Waals surface area contributed by atoms with E-state index in [9.17, 15) is 22.8 Å². The summed E-state index contributed by atoms with van der Waals surface area (Å²) in [7, 11) is 0. The minimum atomic E-state index is -4.89. The Bertz CT molecular complexity index is 321. The van der Waals surface area contributed by atoms with E-state index >= 15 is 0 Å². The summed E-state index contributed by atoms with van der Waals surface area (Å²) in [5, 5.41) is 1.38. The Morgan fingerprint density at radius 1 is 1.21 bits per heavy atom. The molecule has 76 valence electrons. The first-order valence-corrected chi connectivity index (χ1v) is 4.39. The fraction of sp³-hybridized carbons (Fsp3) is 0.250. The molecular formula is C8H5F3O2S. The molecule has 1 heterocycles. The number of hydrogen-bond donors (Lipinski definition) is 0. The third-order valence-corrected chi connectivity index (χ3v) is 2.79. The lowest BCUT2D eigenvalue weighted by atomic mass is 9.89. The van der Waals surface area contributed by atoms with Gasteiger partial charge in [-0.05, 0) is 11.4 Å². The van der Waals surface area contributed by atoms with Crippen molar-refractivity contribution in [3.63, 3.8) is 0 Å². The molecule has 0 saturated heterocycles. The zero-order chi connectivity index (χ0) is 10.8. The second kappa shape index (κ2) is 3.53. The number of hydrogen-bond acceptors (Lipinski definition) is 3. The van der Waals surface area contributed by atoms with E-state index in [1.165, 1.54) is 11.4 Å². The molecule has 0 aliphatic heterocycles. The van der Waals surface area contributed by atoms with Gasteiger partial charge in [0.1, 0.15) is 12.6 Å². The maximum Gasteiger partial charge on any atom is 0.412 e. The van der Waals surface area contributed by atoms with Gasteiger partial charge in [0.05, 0.1) is 0 Å². The molecule has 0 radical (unpaired) electrons. The minimum absolute atomic E-state index is 0.310. The van der Waals surface area contributed by atoms with Crippen LogP contribution in [0.15, 0.2) is 17.5 Å². The van der Waals surface area contributed by atoms with E-state index in [0.29, 0.717) is 0 Å². The zero-order valence-electron chi connectivity index (χ0n) is 6.75. The van der Waals surface area contributed by atoms with Crippen molar-refractivity contribution in [2.45, 2.75) is 11.6 Å². The molecule has 6 heteroatoms. The Hall–Kier alpha value is -1.17. The number of aldehydes is 2. The Balaban J connectivity index is 3.31. The SMILES string of the molecule is O=CC(C=O)(c1cccs1)C(F)(F)F. The molecule has 0 saturated carbocycles. The van der Waals surface area contributed by atoms with Crippen molar-refractivity contribution in [2.75, 3.05) is 0 Å². The van der Waals surface area contributed by atoms with Gasteiger partial charge in [-0.25, -0.2) is 0 Å². The molecule has 0 aliphatic rings. The van der Waals surface area contributed by atoms with Crippen LogP contribution >= 0.6 is 11.3 Å². The van der Waals surface area contributed by atoms with Crippen molar-refractivity contribution < 1.29 is 22.8 Å². The van der Waals surface area contributed by atoms with Gasteiger partial charge in [0, 0.05) is 4.88 Å². The smallest absolute Gasteiger partial charge is 0.301 e. The van der Waals surface area contributed by atoms with Gasteiger partial charge in [-0.1, -0.05) is 6.07 Å². The van der Waals surface area contributed by atoms with Crippen LogP contribution in [0.25, 0.3) is 0 Å². The van der Waals surface area contributed by atoms with E-state index in [2.05, 4.69) is 0 Å². The van der Waals surface area contributed by atoms with Crippen molar-refractivity contribution in [1.29, 1.82) is 0 Å². The lowest BCUT2D eigenvalue weighted by Crippen LogP contribution is -2.44. The fourth-order valence-corrected chi connectivity index (χ4v) is 1.80. The Morgan fingerprint density at radius 2 is 1.79 bits per heavy atom. The third kappa shape index (κ3) is 1.45. The van der Waals surface area contributed by atoms with E-state index in [4.69, 9.17) is 0 Å². The fourth-order valence-electron chi connectivity index (χ4n) is 0.931. The number of thiophene rings is 1. The number of carbonyl (C=O) groups excluding carboxylic acids is 2. The van der Waals surface area contributed by atoms with Crippen molar-refractivity contribution in [1.82, 2.24) is 0 Å². The Morgan fingerprint density at radius 3 is 2.07 bits per heavy atom. The average molecular weight is 222 g/mol. The number of halogens is 3. The van der Waals surface area contributed by atoms with Gasteiger partial charge in [-0.3, -0.25) is 0 Å². The monoisotopic (exact) mass is 222 g/mol. The first-order valence-electron chi connectivity index (χ1n) is 3.51. The Kier molecular flexibility index (Phi) is 2.75.